The van der Waals surface area contributed by atoms with E-state index in [1.807, 2.05) is 24.3 Å². The van der Waals surface area contributed by atoms with Gasteiger partial charge in [-0.1, -0.05) is 15.9 Å². The highest BCUT2D eigenvalue weighted by atomic mass is 79.9. The van der Waals surface area contributed by atoms with Crippen LogP contribution in [0.3, 0.4) is 0 Å². The van der Waals surface area contributed by atoms with Crippen molar-refractivity contribution >= 4 is 33.4 Å². The summed E-state index contributed by atoms with van der Waals surface area (Å²) in [6, 6.07) is 7.54. The van der Waals surface area contributed by atoms with Crippen LogP contribution in [0, 0.1) is 0 Å². The van der Waals surface area contributed by atoms with Crippen molar-refractivity contribution in [1.29, 1.82) is 0 Å². The van der Waals surface area contributed by atoms with Crippen molar-refractivity contribution in [2.24, 2.45) is 0 Å². The Labute approximate surface area is 121 Å². The molecule has 2 amide bonds. The number of nitrogens with one attached hydrogen (secondary N) is 1. The summed E-state index contributed by atoms with van der Waals surface area (Å²) in [7, 11) is 4.95. The zero-order valence-electron chi connectivity index (χ0n) is 11.3. The second-order valence-corrected chi connectivity index (χ2v) is 5.31. The summed E-state index contributed by atoms with van der Waals surface area (Å²) in [5, 5.41) is 3.02. The third kappa shape index (κ3) is 5.30. The lowest BCUT2D eigenvalue weighted by Gasteiger charge is -2.19. The summed E-state index contributed by atoms with van der Waals surface area (Å²) in [6.45, 7) is 0.257. The first-order valence-corrected chi connectivity index (χ1v) is 6.63. The summed E-state index contributed by atoms with van der Waals surface area (Å²) >= 11 is 3.34. The number of hydrogen-bond acceptors (Lipinski definition) is 3. The van der Waals surface area contributed by atoms with E-state index in [0.29, 0.717) is 0 Å². The van der Waals surface area contributed by atoms with E-state index in [1.165, 1.54) is 9.80 Å². The van der Waals surface area contributed by atoms with Gasteiger partial charge in [-0.15, -0.1) is 0 Å². The maximum atomic E-state index is 11.8. The highest BCUT2D eigenvalue weighted by Crippen LogP contribution is 2.13. The number of carbonyl (C=O) groups excluding carboxylic acids is 2. The molecule has 1 rings (SSSR count). The van der Waals surface area contributed by atoms with Gasteiger partial charge in [0.1, 0.15) is 0 Å². The zero-order chi connectivity index (χ0) is 14.4. The van der Waals surface area contributed by atoms with Gasteiger partial charge in [0.2, 0.25) is 11.8 Å². The molecule has 0 saturated heterocycles. The molecule has 0 atom stereocenters. The fourth-order valence-electron chi connectivity index (χ4n) is 1.31. The van der Waals surface area contributed by atoms with Gasteiger partial charge in [-0.2, -0.15) is 0 Å². The van der Waals surface area contributed by atoms with Crippen LogP contribution in [0.5, 0.6) is 0 Å². The van der Waals surface area contributed by atoms with E-state index in [9.17, 15) is 9.59 Å². The Morgan fingerprint density at radius 1 is 1.11 bits per heavy atom. The number of anilines is 1. The van der Waals surface area contributed by atoms with E-state index in [1.54, 1.807) is 21.1 Å². The first-order chi connectivity index (χ1) is 8.90. The molecule has 104 valence electrons. The van der Waals surface area contributed by atoms with Gasteiger partial charge >= 0.3 is 0 Å². The first-order valence-electron chi connectivity index (χ1n) is 5.83. The lowest BCUT2D eigenvalue weighted by atomic mass is 10.3. The molecule has 0 saturated carbocycles. The van der Waals surface area contributed by atoms with Crippen LogP contribution in [0.4, 0.5) is 5.69 Å². The van der Waals surface area contributed by atoms with Crippen LogP contribution in [0.1, 0.15) is 0 Å². The smallest absolute Gasteiger partial charge is 0.242 e. The van der Waals surface area contributed by atoms with Crippen molar-refractivity contribution in [3.63, 3.8) is 0 Å². The van der Waals surface area contributed by atoms with Gasteiger partial charge in [0, 0.05) is 31.3 Å². The minimum Gasteiger partial charge on any atom is -0.376 e. The maximum absolute atomic E-state index is 11.8. The van der Waals surface area contributed by atoms with E-state index in [4.69, 9.17) is 0 Å². The zero-order valence-corrected chi connectivity index (χ0v) is 12.9. The number of likely N-dealkylation sites (N-methyl/N-ethyl adjacent to an activating group) is 2. The lowest BCUT2D eigenvalue weighted by molar-refractivity contribution is -0.137. The molecule has 0 fully saturated rings. The van der Waals surface area contributed by atoms with Gasteiger partial charge in [-0.25, -0.2) is 0 Å². The molecule has 0 unspecified atom stereocenters. The third-order valence-corrected chi connectivity index (χ3v) is 3.11. The molecule has 19 heavy (non-hydrogen) atoms. The Morgan fingerprint density at radius 2 is 1.68 bits per heavy atom. The Hall–Kier alpha value is -1.56. The molecule has 0 heterocycles. The SMILES string of the molecule is CN(C)C(=O)CN(C)C(=O)CNc1ccc(Br)cc1. The monoisotopic (exact) mass is 327 g/mol. The molecule has 0 aromatic heterocycles. The molecule has 5 nitrogen and oxygen atoms in total. The van der Waals surface area contributed by atoms with Gasteiger partial charge in [-0.3, -0.25) is 9.59 Å². The number of benzene rings is 1. The van der Waals surface area contributed by atoms with Crippen LogP contribution in [0.15, 0.2) is 28.7 Å². The molecule has 0 aliphatic rings. The minimum absolute atomic E-state index is 0.0911. The third-order valence-electron chi connectivity index (χ3n) is 2.58. The van der Waals surface area contributed by atoms with Gasteiger partial charge < -0.3 is 15.1 Å². The molecule has 1 aromatic rings. The van der Waals surface area contributed by atoms with Crippen molar-refractivity contribution < 1.29 is 9.59 Å². The second kappa shape index (κ2) is 7.13. The predicted molar refractivity (Wildman–Crippen MR) is 79.0 cm³/mol. The predicted octanol–water partition coefficient (Wildman–Crippen LogP) is 1.41. The number of halogens is 1. The standard InChI is InChI=1S/C13H18BrN3O2/c1-16(2)13(19)9-17(3)12(18)8-15-11-6-4-10(14)5-7-11/h4-7,15H,8-9H2,1-3H3. The fourth-order valence-corrected chi connectivity index (χ4v) is 1.58. The van der Waals surface area contributed by atoms with Crippen molar-refractivity contribution in [2.45, 2.75) is 0 Å². The Balaban J connectivity index is 2.42. The summed E-state index contributed by atoms with van der Waals surface area (Å²) in [5.41, 5.74) is 0.865. The largest absolute Gasteiger partial charge is 0.376 e. The van der Waals surface area contributed by atoms with Crippen LogP contribution in [-0.2, 0) is 9.59 Å². The highest BCUT2D eigenvalue weighted by Gasteiger charge is 2.13. The average molecular weight is 328 g/mol. The van der Waals surface area contributed by atoms with Gasteiger partial charge in [0.25, 0.3) is 0 Å². The van der Waals surface area contributed by atoms with Crippen molar-refractivity contribution in [2.75, 3.05) is 39.5 Å². The van der Waals surface area contributed by atoms with Crippen molar-refractivity contribution in [3.8, 4) is 0 Å². The molecule has 1 N–H and O–H groups in total. The Kier molecular flexibility index (Phi) is 5.82. The molecule has 0 spiro atoms. The van der Waals surface area contributed by atoms with Crippen LogP contribution < -0.4 is 5.32 Å². The quantitative estimate of drug-likeness (QED) is 0.889. The molecule has 0 radical (unpaired) electrons. The maximum Gasteiger partial charge on any atom is 0.242 e. The highest BCUT2D eigenvalue weighted by molar-refractivity contribution is 9.10. The minimum atomic E-state index is -0.127. The molecule has 0 aliphatic heterocycles. The van der Waals surface area contributed by atoms with Crippen LogP contribution in [0.2, 0.25) is 0 Å². The number of rotatable bonds is 5. The molecular formula is C13H18BrN3O2. The topological polar surface area (TPSA) is 52.7 Å². The van der Waals surface area contributed by atoms with E-state index < -0.39 is 0 Å². The van der Waals surface area contributed by atoms with Crippen LogP contribution in [-0.4, -0.2) is 55.8 Å². The van der Waals surface area contributed by atoms with E-state index in [2.05, 4.69) is 21.2 Å². The molecule has 0 bridgehead atoms. The molecule has 0 aliphatic carbocycles. The normalized spacial score (nSPS) is 9.89. The molecule has 1 aromatic carbocycles. The molecular weight excluding hydrogens is 310 g/mol. The summed E-state index contributed by atoms with van der Waals surface area (Å²) in [5.74, 6) is -0.224. The van der Waals surface area contributed by atoms with E-state index in [0.717, 1.165) is 10.2 Å². The van der Waals surface area contributed by atoms with Crippen molar-refractivity contribution in [1.82, 2.24) is 9.80 Å². The van der Waals surface area contributed by atoms with Gasteiger partial charge in [0.05, 0.1) is 13.1 Å². The van der Waals surface area contributed by atoms with E-state index in [-0.39, 0.29) is 24.9 Å². The lowest BCUT2D eigenvalue weighted by Crippen LogP contribution is -2.40. The van der Waals surface area contributed by atoms with E-state index >= 15 is 0 Å². The average Bonchev–Trinajstić information content (AvgIpc) is 2.37. The van der Waals surface area contributed by atoms with Crippen LogP contribution in [0.25, 0.3) is 0 Å². The Bertz CT molecular complexity index is 446. The summed E-state index contributed by atoms with van der Waals surface area (Å²) in [6.07, 6.45) is 0. The van der Waals surface area contributed by atoms with Crippen molar-refractivity contribution in [3.05, 3.63) is 28.7 Å². The molecule has 6 heteroatoms. The number of hydrogen-bond donors (Lipinski definition) is 1. The second-order valence-electron chi connectivity index (χ2n) is 4.40. The fraction of sp³-hybridized carbons (Fsp3) is 0.385. The number of carbonyl (C=O) groups is 2. The van der Waals surface area contributed by atoms with Gasteiger partial charge in [-0.05, 0) is 24.3 Å². The van der Waals surface area contributed by atoms with Gasteiger partial charge in [0.15, 0.2) is 0 Å². The number of nitrogens with zero attached hydrogens (tertiary/aromatic N) is 2. The van der Waals surface area contributed by atoms with Crippen LogP contribution >= 0.6 is 15.9 Å². The summed E-state index contributed by atoms with van der Waals surface area (Å²) in [4.78, 5) is 26.2. The first kappa shape index (κ1) is 15.5. The summed E-state index contributed by atoms with van der Waals surface area (Å²) < 4.78 is 0.984. The Morgan fingerprint density at radius 3 is 2.21 bits per heavy atom. The number of amides is 2.